The number of oxazole rings is 1. The van der Waals surface area contributed by atoms with Crippen LogP contribution in [0.3, 0.4) is 0 Å². The van der Waals surface area contributed by atoms with E-state index in [1.165, 1.54) is 0 Å². The van der Waals surface area contributed by atoms with Crippen molar-refractivity contribution < 1.29 is 48.5 Å². The molecule has 0 N–H and O–H groups in total. The Morgan fingerprint density at radius 2 is 0.980 bits per heavy atom. The summed E-state index contributed by atoms with van der Waals surface area (Å²) in [6.45, 7) is 3.24. The Kier molecular flexibility index (Phi) is 13.2. The Bertz CT molecular complexity index is 1950. The predicted octanol–water partition coefficient (Wildman–Crippen LogP) is 6.55. The summed E-state index contributed by atoms with van der Waals surface area (Å²) in [6.07, 6.45) is 7.19. The molecule has 0 unspecified atom stereocenters. The summed E-state index contributed by atoms with van der Waals surface area (Å²) >= 11 is 0. The first-order valence-electron chi connectivity index (χ1n) is 15.9. The molecule has 11 heteroatoms. The minimum atomic E-state index is -0.113. The van der Waals surface area contributed by atoms with E-state index in [-0.39, 0.29) is 44.7 Å². The van der Waals surface area contributed by atoms with Crippen molar-refractivity contribution in [3.05, 3.63) is 168 Å². The van der Waals surface area contributed by atoms with Crippen LogP contribution in [0.15, 0.2) is 138 Å². The van der Waals surface area contributed by atoms with Crippen molar-refractivity contribution in [2.45, 2.75) is 39.3 Å². The van der Waals surface area contributed by atoms with Gasteiger partial charge in [0.25, 0.3) is 0 Å². The third-order valence-electron chi connectivity index (χ3n) is 8.00. The van der Waals surface area contributed by atoms with E-state index in [0.717, 1.165) is 28.3 Å². The molecule has 0 aliphatic carbocycles. The Balaban J connectivity index is 0.00000243. The summed E-state index contributed by atoms with van der Waals surface area (Å²) in [5.41, 5.74) is 7.11. The number of rotatable bonds is 13. The molecule has 0 saturated heterocycles. The second-order valence-electron chi connectivity index (χ2n) is 11.7. The molecule has 0 atom stereocenters. The number of nitrogens with zero attached hydrogens (tertiary/aromatic N) is 7. The second-order valence-corrected chi connectivity index (χ2v) is 11.7. The van der Waals surface area contributed by atoms with E-state index >= 15 is 0 Å². The number of fused-ring (bicyclic) bond motifs is 1. The maximum atomic E-state index is 14.3. The number of hydrogen-bond donors (Lipinski definition) is 0. The van der Waals surface area contributed by atoms with Gasteiger partial charge in [-0.05, 0) is 77.9 Å². The van der Waals surface area contributed by atoms with E-state index in [0.29, 0.717) is 67.4 Å². The van der Waals surface area contributed by atoms with Crippen LogP contribution in [0.4, 0.5) is 0 Å². The molecule has 0 radical (unpaired) electrons. The van der Waals surface area contributed by atoms with Crippen molar-refractivity contribution in [2.24, 2.45) is 0 Å². The molecule has 238 valence electrons. The summed E-state index contributed by atoms with van der Waals surface area (Å²) in [5.74, 6) is 0.199. The zero-order chi connectivity index (χ0) is 32.5. The van der Waals surface area contributed by atoms with Crippen LogP contribution in [-0.4, -0.2) is 34.7 Å². The van der Waals surface area contributed by atoms with Crippen LogP contribution in [0, 0.1) is 0 Å². The summed E-state index contributed by atoms with van der Waals surface area (Å²) in [5, 5.41) is 14.3. The molecular weight excluding hydrogens is 729 g/mol. The number of aromatic nitrogens is 5. The first kappa shape index (κ1) is 36.7. The van der Waals surface area contributed by atoms with E-state index < -0.39 is 0 Å². The number of pyridine rings is 4. The van der Waals surface area contributed by atoms with Crippen molar-refractivity contribution in [3.8, 4) is 17.2 Å². The molecule has 0 saturated carbocycles. The van der Waals surface area contributed by atoms with Gasteiger partial charge < -0.3 is 9.52 Å². The minimum Gasteiger partial charge on any atom is -0.872 e. The Morgan fingerprint density at radius 1 is 0.520 bits per heavy atom. The molecular formula is C39H34N7O2Zn2+3. The molecule has 9 nitrogen and oxygen atoms in total. The molecule has 5 heterocycles. The van der Waals surface area contributed by atoms with E-state index in [1.54, 1.807) is 12.4 Å². The van der Waals surface area contributed by atoms with Crippen LogP contribution in [0.5, 0.6) is 5.75 Å². The molecule has 7 rings (SSSR count). The number of para-hydroxylation sites is 2. The van der Waals surface area contributed by atoms with Gasteiger partial charge in [0, 0.05) is 69.6 Å². The normalized spacial score (nSPS) is 11.0. The first-order valence-corrected chi connectivity index (χ1v) is 15.9. The maximum Gasteiger partial charge on any atom is 2.00 e. The van der Waals surface area contributed by atoms with E-state index in [4.69, 9.17) is 9.40 Å². The zero-order valence-electron chi connectivity index (χ0n) is 27.8. The van der Waals surface area contributed by atoms with Crippen LogP contribution in [-0.2, 0) is 78.2 Å². The monoisotopic (exact) mass is 760 g/mol. The predicted molar refractivity (Wildman–Crippen MR) is 182 cm³/mol. The van der Waals surface area contributed by atoms with Crippen LogP contribution < -0.4 is 5.11 Å². The third kappa shape index (κ3) is 9.58. The summed E-state index contributed by atoms with van der Waals surface area (Å²) in [7, 11) is 0. The summed E-state index contributed by atoms with van der Waals surface area (Å²) < 4.78 is 6.16. The fraction of sp³-hybridized carbons (Fsp3) is 0.154. The molecule has 50 heavy (non-hydrogen) atoms. The molecule has 7 aromatic rings. The summed E-state index contributed by atoms with van der Waals surface area (Å²) in [4.78, 5) is 27.5. The van der Waals surface area contributed by atoms with Crippen molar-refractivity contribution in [2.75, 3.05) is 0 Å². The van der Waals surface area contributed by atoms with Gasteiger partial charge in [0.2, 0.25) is 5.89 Å². The number of hydrogen-bond acceptors (Lipinski definition) is 9. The average Bonchev–Trinajstić information content (AvgIpc) is 3.56. The van der Waals surface area contributed by atoms with Gasteiger partial charge in [0.15, 0.2) is 5.58 Å². The van der Waals surface area contributed by atoms with Gasteiger partial charge in [-0.15, -0.1) is 0 Å². The van der Waals surface area contributed by atoms with Crippen LogP contribution >= 0.6 is 0 Å². The van der Waals surface area contributed by atoms with Crippen molar-refractivity contribution in [1.29, 1.82) is 0 Å². The molecule has 0 aliphatic rings. The molecule has 0 amide bonds. The smallest absolute Gasteiger partial charge is 0.872 e. The van der Waals surface area contributed by atoms with Crippen LogP contribution in [0.2, 0.25) is 0 Å². The molecule has 5 aromatic heterocycles. The third-order valence-corrected chi connectivity index (χ3v) is 8.00. The van der Waals surface area contributed by atoms with Gasteiger partial charge in [-0.25, -0.2) is 4.98 Å². The Hall–Kier alpha value is -4.52. The van der Waals surface area contributed by atoms with Crippen molar-refractivity contribution in [1.82, 2.24) is 34.7 Å². The second kappa shape index (κ2) is 17.9. The average molecular weight is 764 g/mol. The van der Waals surface area contributed by atoms with Crippen LogP contribution in [0.25, 0.3) is 22.6 Å². The fourth-order valence-corrected chi connectivity index (χ4v) is 5.83. The Morgan fingerprint density at radius 3 is 1.44 bits per heavy atom. The van der Waals surface area contributed by atoms with Gasteiger partial charge in [0.05, 0.1) is 22.8 Å². The topological polar surface area (TPSA) is 107 Å². The maximum absolute atomic E-state index is 14.3. The van der Waals surface area contributed by atoms with E-state index in [9.17, 15) is 5.11 Å². The van der Waals surface area contributed by atoms with Crippen molar-refractivity contribution in [3.63, 3.8) is 0 Å². The minimum absolute atomic E-state index is 0. The molecule has 2 aromatic carbocycles. The first-order chi connectivity index (χ1) is 23.7. The van der Waals surface area contributed by atoms with Gasteiger partial charge >= 0.3 is 39.0 Å². The van der Waals surface area contributed by atoms with E-state index in [1.807, 2.05) is 122 Å². The quantitative estimate of drug-likeness (QED) is 0.121. The molecule has 0 spiro atoms. The SMILES string of the molecule is [O-]c1c(CN(Cc2ccccn2)Cc2ccccn2)cc(CN(Cc2ccccn2)Cc2ccccn2)cc1-c1nc2ccccc2o1.[Zn+2].[Zn+2]. The molecule has 0 fully saturated rings. The van der Waals surface area contributed by atoms with E-state index in [2.05, 4.69) is 29.7 Å². The van der Waals surface area contributed by atoms with Crippen molar-refractivity contribution >= 4 is 11.1 Å². The zero-order valence-corrected chi connectivity index (χ0v) is 33.7. The molecule has 0 aliphatic heterocycles. The van der Waals surface area contributed by atoms with Gasteiger partial charge in [0.1, 0.15) is 5.52 Å². The molecule has 0 bridgehead atoms. The van der Waals surface area contributed by atoms with Gasteiger partial charge in [-0.1, -0.05) is 48.2 Å². The number of benzene rings is 2. The van der Waals surface area contributed by atoms with Crippen LogP contribution in [0.1, 0.15) is 33.9 Å². The Labute approximate surface area is 317 Å². The summed E-state index contributed by atoms with van der Waals surface area (Å²) in [6, 6.07) is 35.1. The van der Waals surface area contributed by atoms with Gasteiger partial charge in [-0.2, -0.15) is 0 Å². The fourth-order valence-electron chi connectivity index (χ4n) is 5.83. The largest absolute Gasteiger partial charge is 2.00 e. The van der Waals surface area contributed by atoms with Gasteiger partial charge in [-0.3, -0.25) is 29.7 Å². The standard InChI is InChI=1S/C39H35N7O2.2Zn/c47-38-30(24-46(27-33-13-5-9-19-42-33)28-34-14-6-10-20-43-34)21-29(22-35(38)39-44-36-15-1-2-16-37(36)48-39)23-45(25-31-11-3-7-17-40-31)26-32-12-4-8-18-41-32;;/h1-22,47H,23-28H2;;/q;2*+2/p-1.